The second-order valence-corrected chi connectivity index (χ2v) is 5.57. The van der Waals surface area contributed by atoms with Gasteiger partial charge in [0, 0.05) is 19.2 Å². The SMILES string of the molecule is CN(CCO)S(=O)(=O)c1ccccc1C#CCN. The topological polar surface area (TPSA) is 83.6 Å². The summed E-state index contributed by atoms with van der Waals surface area (Å²) in [5.74, 6) is 5.37. The lowest BCUT2D eigenvalue weighted by atomic mass is 10.2. The molecule has 1 aromatic rings. The van der Waals surface area contributed by atoms with Crippen LogP contribution in [0.2, 0.25) is 0 Å². The predicted molar refractivity (Wildman–Crippen MR) is 69.3 cm³/mol. The Bertz CT molecular complexity index is 558. The van der Waals surface area contributed by atoms with Gasteiger partial charge >= 0.3 is 0 Å². The summed E-state index contributed by atoms with van der Waals surface area (Å²) in [5.41, 5.74) is 5.69. The van der Waals surface area contributed by atoms with E-state index in [-0.39, 0.29) is 24.6 Å². The van der Waals surface area contributed by atoms with Gasteiger partial charge in [-0.1, -0.05) is 24.0 Å². The van der Waals surface area contributed by atoms with Crippen molar-refractivity contribution in [2.24, 2.45) is 5.73 Å². The van der Waals surface area contributed by atoms with E-state index in [2.05, 4.69) is 11.8 Å². The van der Waals surface area contributed by atoms with Crippen molar-refractivity contribution in [2.75, 3.05) is 26.7 Å². The van der Waals surface area contributed by atoms with Gasteiger partial charge in [0.05, 0.1) is 18.0 Å². The largest absolute Gasteiger partial charge is 0.395 e. The first-order valence-electron chi connectivity index (χ1n) is 5.39. The first-order chi connectivity index (χ1) is 8.54. The van der Waals surface area contributed by atoms with Gasteiger partial charge in [0.2, 0.25) is 10.0 Å². The molecule has 0 bridgehead atoms. The normalized spacial score (nSPS) is 11.1. The van der Waals surface area contributed by atoms with Crippen LogP contribution in [0.4, 0.5) is 0 Å². The van der Waals surface area contributed by atoms with Crippen LogP contribution >= 0.6 is 0 Å². The fourth-order valence-corrected chi connectivity index (χ4v) is 2.68. The molecule has 6 heteroatoms. The molecule has 0 unspecified atom stereocenters. The zero-order chi connectivity index (χ0) is 13.6. The molecule has 5 nitrogen and oxygen atoms in total. The van der Waals surface area contributed by atoms with E-state index in [0.29, 0.717) is 5.56 Å². The molecule has 0 aliphatic heterocycles. The summed E-state index contributed by atoms with van der Waals surface area (Å²) < 4.78 is 25.5. The molecule has 0 radical (unpaired) electrons. The molecule has 0 fully saturated rings. The minimum absolute atomic E-state index is 0.0426. The Morgan fingerprint density at radius 2 is 2.06 bits per heavy atom. The van der Waals surface area contributed by atoms with Gasteiger partial charge in [-0.05, 0) is 12.1 Å². The van der Waals surface area contributed by atoms with Crippen molar-refractivity contribution in [3.63, 3.8) is 0 Å². The summed E-state index contributed by atoms with van der Waals surface area (Å²) in [6.45, 7) is -0.0196. The molecule has 0 aliphatic rings. The molecular weight excluding hydrogens is 252 g/mol. The summed E-state index contributed by atoms with van der Waals surface area (Å²) in [4.78, 5) is 0.127. The molecule has 0 saturated carbocycles. The molecule has 0 saturated heterocycles. The van der Waals surface area contributed by atoms with E-state index in [1.165, 1.54) is 13.1 Å². The Hall–Kier alpha value is -1.39. The van der Waals surface area contributed by atoms with Crippen molar-refractivity contribution in [3.8, 4) is 11.8 Å². The fraction of sp³-hybridized carbons (Fsp3) is 0.333. The zero-order valence-corrected chi connectivity index (χ0v) is 10.9. The molecule has 3 N–H and O–H groups in total. The molecule has 0 aromatic heterocycles. The smallest absolute Gasteiger partial charge is 0.244 e. The maximum absolute atomic E-state index is 12.2. The zero-order valence-electron chi connectivity index (χ0n) is 10.1. The summed E-state index contributed by atoms with van der Waals surface area (Å²) in [7, 11) is -2.22. The summed E-state index contributed by atoms with van der Waals surface area (Å²) in [5, 5.41) is 8.81. The van der Waals surface area contributed by atoms with Crippen LogP contribution in [-0.4, -0.2) is 44.6 Å². The Morgan fingerprint density at radius 3 is 2.67 bits per heavy atom. The molecule has 18 heavy (non-hydrogen) atoms. The van der Waals surface area contributed by atoms with E-state index in [9.17, 15) is 8.42 Å². The van der Waals surface area contributed by atoms with Crippen molar-refractivity contribution < 1.29 is 13.5 Å². The molecular formula is C12H16N2O3S. The quantitative estimate of drug-likeness (QED) is 0.728. The van der Waals surface area contributed by atoms with Crippen molar-refractivity contribution in [1.82, 2.24) is 4.31 Å². The number of benzene rings is 1. The van der Waals surface area contributed by atoms with Crippen molar-refractivity contribution in [2.45, 2.75) is 4.90 Å². The van der Waals surface area contributed by atoms with Crippen LogP contribution in [0.3, 0.4) is 0 Å². The fourth-order valence-electron chi connectivity index (χ4n) is 1.37. The van der Waals surface area contributed by atoms with Gasteiger partial charge in [0.25, 0.3) is 0 Å². The first kappa shape index (κ1) is 14.7. The lowest BCUT2D eigenvalue weighted by Gasteiger charge is -2.16. The monoisotopic (exact) mass is 268 g/mol. The molecule has 0 heterocycles. The average Bonchev–Trinajstić information content (AvgIpc) is 2.37. The second-order valence-electron chi connectivity index (χ2n) is 3.55. The average molecular weight is 268 g/mol. The minimum atomic E-state index is -3.63. The Balaban J connectivity index is 3.24. The number of sulfonamides is 1. The van der Waals surface area contributed by atoms with Gasteiger partial charge in [-0.2, -0.15) is 4.31 Å². The molecule has 0 aliphatic carbocycles. The van der Waals surface area contributed by atoms with E-state index >= 15 is 0 Å². The Morgan fingerprint density at radius 1 is 1.39 bits per heavy atom. The molecule has 98 valence electrons. The van der Waals surface area contributed by atoms with Gasteiger partial charge in [0.1, 0.15) is 0 Å². The first-order valence-corrected chi connectivity index (χ1v) is 6.83. The van der Waals surface area contributed by atoms with Gasteiger partial charge in [0.15, 0.2) is 0 Å². The van der Waals surface area contributed by atoms with Gasteiger partial charge in [-0.25, -0.2) is 8.42 Å². The molecule has 0 amide bonds. The number of hydrogen-bond donors (Lipinski definition) is 2. The van der Waals surface area contributed by atoms with E-state index < -0.39 is 10.0 Å². The number of aliphatic hydroxyl groups is 1. The van der Waals surface area contributed by atoms with Crippen LogP contribution in [0.15, 0.2) is 29.2 Å². The molecule has 0 spiro atoms. The van der Waals surface area contributed by atoms with Crippen LogP contribution in [-0.2, 0) is 10.0 Å². The van der Waals surface area contributed by atoms with Gasteiger partial charge in [-0.15, -0.1) is 0 Å². The molecule has 0 atom stereocenters. The number of hydrogen-bond acceptors (Lipinski definition) is 4. The van der Waals surface area contributed by atoms with Crippen molar-refractivity contribution in [1.29, 1.82) is 0 Å². The number of rotatable bonds is 4. The summed E-state index contributed by atoms with van der Waals surface area (Å²) in [6, 6.07) is 6.46. The molecule has 1 aromatic carbocycles. The van der Waals surface area contributed by atoms with Crippen molar-refractivity contribution >= 4 is 10.0 Å². The summed E-state index contributed by atoms with van der Waals surface area (Å²) in [6.07, 6.45) is 0. The maximum atomic E-state index is 12.2. The third-order valence-corrected chi connectivity index (χ3v) is 4.23. The van der Waals surface area contributed by atoms with Crippen molar-refractivity contribution in [3.05, 3.63) is 29.8 Å². The highest BCUT2D eigenvalue weighted by molar-refractivity contribution is 7.89. The van der Waals surface area contributed by atoms with Gasteiger partial charge < -0.3 is 10.8 Å². The van der Waals surface area contributed by atoms with E-state index in [1.54, 1.807) is 18.2 Å². The van der Waals surface area contributed by atoms with Crippen LogP contribution in [0.1, 0.15) is 5.56 Å². The lowest BCUT2D eigenvalue weighted by molar-refractivity contribution is 0.266. The predicted octanol–water partition coefficient (Wildman–Crippen LogP) is -0.390. The van der Waals surface area contributed by atoms with Crippen LogP contribution < -0.4 is 5.73 Å². The number of nitrogens with zero attached hydrogens (tertiary/aromatic N) is 1. The Kier molecular flexibility index (Phi) is 5.31. The molecule has 1 rings (SSSR count). The third-order valence-electron chi connectivity index (χ3n) is 2.32. The second kappa shape index (κ2) is 6.52. The number of likely N-dealkylation sites (N-methyl/N-ethyl adjacent to an activating group) is 1. The standard InChI is InChI=1S/C12H16N2O3S/c1-14(9-10-15)18(16,17)12-7-3-2-5-11(12)6-4-8-13/h2-3,5,7,15H,8-10,13H2,1H3. The lowest BCUT2D eigenvalue weighted by Crippen LogP contribution is -2.30. The highest BCUT2D eigenvalue weighted by atomic mass is 32.2. The van der Waals surface area contributed by atoms with E-state index in [1.807, 2.05) is 0 Å². The highest BCUT2D eigenvalue weighted by Crippen LogP contribution is 2.18. The van der Waals surface area contributed by atoms with E-state index in [0.717, 1.165) is 4.31 Å². The van der Waals surface area contributed by atoms with Crippen LogP contribution in [0.5, 0.6) is 0 Å². The van der Waals surface area contributed by atoms with Crippen LogP contribution in [0.25, 0.3) is 0 Å². The Labute approximate surface area is 107 Å². The highest BCUT2D eigenvalue weighted by Gasteiger charge is 2.22. The van der Waals surface area contributed by atoms with Crippen LogP contribution in [0, 0.1) is 11.8 Å². The summed E-state index contributed by atoms with van der Waals surface area (Å²) >= 11 is 0. The maximum Gasteiger partial charge on any atom is 0.244 e. The number of aliphatic hydroxyl groups excluding tert-OH is 1. The minimum Gasteiger partial charge on any atom is -0.395 e. The van der Waals surface area contributed by atoms with E-state index in [4.69, 9.17) is 10.8 Å². The number of nitrogens with two attached hydrogens (primary N) is 1. The van der Waals surface area contributed by atoms with Gasteiger partial charge in [-0.3, -0.25) is 0 Å². The third kappa shape index (κ3) is 3.31.